The topological polar surface area (TPSA) is 87.7 Å². The van der Waals surface area contributed by atoms with Crippen LogP contribution in [0.2, 0.25) is 0 Å². The van der Waals surface area contributed by atoms with Crippen molar-refractivity contribution in [3.63, 3.8) is 0 Å². The molecule has 0 spiro atoms. The van der Waals surface area contributed by atoms with Gasteiger partial charge in [-0.25, -0.2) is 9.59 Å². The average molecular weight is 356 g/mol. The molecule has 6 nitrogen and oxygen atoms in total. The third kappa shape index (κ3) is 5.24. The second-order valence-corrected chi connectivity index (χ2v) is 6.32. The Balaban J connectivity index is 1.95. The number of carbonyl (C=O) groups excluding carboxylic acids is 1. The van der Waals surface area contributed by atoms with Crippen LogP contribution in [0.3, 0.4) is 0 Å². The maximum Gasteiger partial charge on any atom is 0.335 e. The van der Waals surface area contributed by atoms with Crippen molar-refractivity contribution in [3.05, 3.63) is 65.2 Å². The second-order valence-electron chi connectivity index (χ2n) is 6.32. The van der Waals surface area contributed by atoms with Crippen molar-refractivity contribution in [2.24, 2.45) is 5.92 Å². The molecule has 1 atom stereocenters. The normalized spacial score (nSPS) is 11.7. The van der Waals surface area contributed by atoms with Crippen LogP contribution in [-0.2, 0) is 6.54 Å². The van der Waals surface area contributed by atoms with Crippen molar-refractivity contribution in [1.82, 2.24) is 10.6 Å². The molecule has 6 heteroatoms. The maximum absolute atomic E-state index is 12.3. The molecule has 0 saturated carbocycles. The van der Waals surface area contributed by atoms with E-state index < -0.39 is 5.97 Å². The lowest BCUT2D eigenvalue weighted by atomic mass is 9.96. The largest absolute Gasteiger partial charge is 0.497 e. The lowest BCUT2D eigenvalue weighted by Gasteiger charge is -2.23. The smallest absolute Gasteiger partial charge is 0.335 e. The zero-order valence-electron chi connectivity index (χ0n) is 15.2. The fraction of sp³-hybridized carbons (Fsp3) is 0.300. The molecule has 138 valence electrons. The summed E-state index contributed by atoms with van der Waals surface area (Å²) in [6.07, 6.45) is 0. The van der Waals surface area contributed by atoms with E-state index in [1.165, 1.54) is 12.1 Å². The SMILES string of the molecule is COc1ccc(C(NC(=O)NCc2ccc(C(=O)O)cc2)C(C)C)cc1. The molecular formula is C20H24N2O4. The Hall–Kier alpha value is -3.02. The molecule has 2 aromatic carbocycles. The Morgan fingerprint density at radius 3 is 2.15 bits per heavy atom. The van der Waals surface area contributed by atoms with Crippen molar-refractivity contribution < 1.29 is 19.4 Å². The summed E-state index contributed by atoms with van der Waals surface area (Å²) in [7, 11) is 1.61. The van der Waals surface area contributed by atoms with Gasteiger partial charge in [0.25, 0.3) is 0 Å². The number of benzene rings is 2. The summed E-state index contributed by atoms with van der Waals surface area (Å²) in [5.74, 6) is 0.0102. The Bertz CT molecular complexity index is 739. The summed E-state index contributed by atoms with van der Waals surface area (Å²) >= 11 is 0. The van der Waals surface area contributed by atoms with E-state index >= 15 is 0 Å². The molecule has 2 amide bonds. The highest BCUT2D eigenvalue weighted by atomic mass is 16.5. The molecule has 0 radical (unpaired) electrons. The van der Waals surface area contributed by atoms with Gasteiger partial charge in [-0.3, -0.25) is 0 Å². The number of rotatable bonds is 7. The Morgan fingerprint density at radius 1 is 1.04 bits per heavy atom. The van der Waals surface area contributed by atoms with Crippen LogP contribution < -0.4 is 15.4 Å². The van der Waals surface area contributed by atoms with Crippen LogP contribution in [0.25, 0.3) is 0 Å². The third-order valence-corrected chi connectivity index (χ3v) is 4.08. The van der Waals surface area contributed by atoms with Gasteiger partial charge >= 0.3 is 12.0 Å². The number of urea groups is 1. The number of methoxy groups -OCH3 is 1. The summed E-state index contributed by atoms with van der Waals surface area (Å²) in [6.45, 7) is 4.40. The Kier molecular flexibility index (Phi) is 6.60. The van der Waals surface area contributed by atoms with E-state index in [2.05, 4.69) is 10.6 Å². The molecule has 3 N–H and O–H groups in total. The van der Waals surface area contributed by atoms with Crippen molar-refractivity contribution in [2.45, 2.75) is 26.4 Å². The zero-order valence-corrected chi connectivity index (χ0v) is 15.2. The van der Waals surface area contributed by atoms with E-state index in [-0.39, 0.29) is 23.6 Å². The van der Waals surface area contributed by atoms with Crippen LogP contribution in [0.1, 0.15) is 41.4 Å². The van der Waals surface area contributed by atoms with Gasteiger partial charge < -0.3 is 20.5 Å². The van der Waals surface area contributed by atoms with Gasteiger partial charge in [-0.15, -0.1) is 0 Å². The molecule has 0 saturated heterocycles. The van der Waals surface area contributed by atoms with Gasteiger partial charge in [-0.2, -0.15) is 0 Å². The van der Waals surface area contributed by atoms with E-state index in [0.717, 1.165) is 16.9 Å². The first-order valence-electron chi connectivity index (χ1n) is 8.41. The van der Waals surface area contributed by atoms with Gasteiger partial charge in [0.1, 0.15) is 5.75 Å². The zero-order chi connectivity index (χ0) is 19.1. The second kappa shape index (κ2) is 8.89. The molecule has 0 fully saturated rings. The standard InChI is InChI=1S/C20H24N2O4/c1-13(2)18(15-8-10-17(26-3)11-9-15)22-20(25)21-12-14-4-6-16(7-5-14)19(23)24/h4-11,13,18H,12H2,1-3H3,(H,23,24)(H2,21,22,25). The number of carboxylic acid groups (broad SMARTS) is 1. The van der Waals surface area contributed by atoms with Crippen LogP contribution in [-0.4, -0.2) is 24.2 Å². The predicted molar refractivity (Wildman–Crippen MR) is 99.3 cm³/mol. The first kappa shape index (κ1) is 19.3. The molecule has 1 unspecified atom stereocenters. The van der Waals surface area contributed by atoms with Crippen LogP contribution in [0.4, 0.5) is 4.79 Å². The molecule has 0 aliphatic heterocycles. The van der Waals surface area contributed by atoms with E-state index in [1.807, 2.05) is 38.1 Å². The fourth-order valence-corrected chi connectivity index (χ4v) is 2.59. The van der Waals surface area contributed by atoms with E-state index in [0.29, 0.717) is 6.54 Å². The Labute approximate surface area is 153 Å². The summed E-state index contributed by atoms with van der Waals surface area (Å²) in [6, 6.07) is 13.6. The minimum Gasteiger partial charge on any atom is -0.497 e. The van der Waals surface area contributed by atoms with Crippen molar-refractivity contribution in [2.75, 3.05) is 7.11 Å². The van der Waals surface area contributed by atoms with E-state index in [1.54, 1.807) is 19.2 Å². The first-order valence-corrected chi connectivity index (χ1v) is 8.41. The molecule has 26 heavy (non-hydrogen) atoms. The molecule has 0 bridgehead atoms. The number of ether oxygens (including phenoxy) is 1. The molecule has 0 aliphatic rings. The minimum absolute atomic E-state index is 0.129. The molecule has 2 rings (SSSR count). The average Bonchev–Trinajstić information content (AvgIpc) is 2.64. The van der Waals surface area contributed by atoms with E-state index in [9.17, 15) is 9.59 Å². The fourth-order valence-electron chi connectivity index (χ4n) is 2.59. The number of nitrogens with one attached hydrogen (secondary N) is 2. The van der Waals surface area contributed by atoms with Gasteiger partial charge in [-0.05, 0) is 41.3 Å². The highest BCUT2D eigenvalue weighted by molar-refractivity contribution is 5.87. The maximum atomic E-state index is 12.3. The van der Waals surface area contributed by atoms with Gasteiger partial charge in [0.15, 0.2) is 0 Å². The quantitative estimate of drug-likeness (QED) is 0.707. The number of amides is 2. The molecule has 2 aromatic rings. The lowest BCUT2D eigenvalue weighted by Crippen LogP contribution is -2.39. The third-order valence-electron chi connectivity index (χ3n) is 4.08. The predicted octanol–water partition coefficient (Wildman–Crippen LogP) is 3.59. The highest BCUT2D eigenvalue weighted by Crippen LogP contribution is 2.23. The van der Waals surface area contributed by atoms with Gasteiger partial charge in [-0.1, -0.05) is 38.1 Å². The number of carbonyl (C=O) groups is 2. The number of carboxylic acids is 1. The number of hydrogen-bond acceptors (Lipinski definition) is 3. The van der Waals surface area contributed by atoms with Crippen LogP contribution in [0.5, 0.6) is 5.75 Å². The van der Waals surface area contributed by atoms with Gasteiger partial charge in [0.05, 0.1) is 18.7 Å². The Morgan fingerprint density at radius 2 is 1.65 bits per heavy atom. The molecule has 0 heterocycles. The van der Waals surface area contributed by atoms with Crippen molar-refractivity contribution >= 4 is 12.0 Å². The number of aromatic carboxylic acids is 1. The molecule has 0 aliphatic carbocycles. The van der Waals surface area contributed by atoms with Gasteiger partial charge in [0, 0.05) is 6.54 Å². The number of hydrogen-bond donors (Lipinski definition) is 3. The molecular weight excluding hydrogens is 332 g/mol. The minimum atomic E-state index is -0.971. The highest BCUT2D eigenvalue weighted by Gasteiger charge is 2.18. The van der Waals surface area contributed by atoms with Crippen molar-refractivity contribution in [3.8, 4) is 5.75 Å². The summed E-state index contributed by atoms with van der Waals surface area (Å²) in [5.41, 5.74) is 2.05. The van der Waals surface area contributed by atoms with Crippen LogP contribution in [0.15, 0.2) is 48.5 Å². The summed E-state index contributed by atoms with van der Waals surface area (Å²) in [4.78, 5) is 23.1. The molecule has 0 aromatic heterocycles. The van der Waals surface area contributed by atoms with Crippen LogP contribution >= 0.6 is 0 Å². The summed E-state index contributed by atoms with van der Waals surface area (Å²) < 4.78 is 5.16. The first-order chi connectivity index (χ1) is 12.4. The van der Waals surface area contributed by atoms with Gasteiger partial charge in [0.2, 0.25) is 0 Å². The lowest BCUT2D eigenvalue weighted by molar-refractivity contribution is 0.0697. The summed E-state index contributed by atoms with van der Waals surface area (Å²) in [5, 5.41) is 14.7. The van der Waals surface area contributed by atoms with Crippen molar-refractivity contribution in [1.29, 1.82) is 0 Å². The van der Waals surface area contributed by atoms with E-state index in [4.69, 9.17) is 9.84 Å². The monoisotopic (exact) mass is 356 g/mol. The van der Waals surface area contributed by atoms with Crippen LogP contribution in [0, 0.1) is 5.92 Å².